The molecule has 0 saturated carbocycles. The lowest BCUT2D eigenvalue weighted by Gasteiger charge is -2.34. The summed E-state index contributed by atoms with van der Waals surface area (Å²) in [5.41, 5.74) is 7.36. The van der Waals surface area contributed by atoms with Gasteiger partial charge in [-0.1, -0.05) is 121 Å². The molecule has 1 saturated heterocycles. The lowest BCUT2D eigenvalue weighted by Crippen LogP contribution is -2.37. The van der Waals surface area contributed by atoms with Gasteiger partial charge in [0.1, 0.15) is 24.0 Å². The Morgan fingerprint density at radius 2 is 1.24 bits per heavy atom. The van der Waals surface area contributed by atoms with E-state index in [-0.39, 0.29) is 31.0 Å². The molecule has 0 radical (unpaired) electrons. The average molecular weight is 1090 g/mol. The zero-order chi connectivity index (χ0) is 53.2. The number of aromatic amines is 1. The Bertz CT molecular complexity index is 3760. The van der Waals surface area contributed by atoms with E-state index in [1.54, 1.807) is 35.3 Å². The molecular formula is C61H60N10O4S3. The molecule has 10 aromatic rings. The highest BCUT2D eigenvalue weighted by atomic mass is 32.2. The molecule has 0 unspecified atom stereocenters. The van der Waals surface area contributed by atoms with Gasteiger partial charge in [0, 0.05) is 74.2 Å². The molecule has 11 rings (SSSR count). The van der Waals surface area contributed by atoms with Crippen LogP contribution in [-0.4, -0.2) is 77.4 Å². The topological polar surface area (TPSA) is 178 Å². The number of aromatic nitrogens is 6. The second-order valence-electron chi connectivity index (χ2n) is 19.1. The Morgan fingerprint density at radius 1 is 0.654 bits per heavy atom. The van der Waals surface area contributed by atoms with Crippen molar-refractivity contribution in [3.05, 3.63) is 197 Å². The molecule has 4 heterocycles. The van der Waals surface area contributed by atoms with Crippen molar-refractivity contribution in [3.8, 4) is 5.75 Å². The third-order valence-electron chi connectivity index (χ3n) is 14.0. The lowest BCUT2D eigenvalue weighted by atomic mass is 10.0. The predicted molar refractivity (Wildman–Crippen MR) is 319 cm³/mol. The number of rotatable bonds is 22. The van der Waals surface area contributed by atoms with Crippen LogP contribution in [0.4, 0.5) is 23.5 Å². The Labute approximate surface area is 465 Å². The molecule has 78 heavy (non-hydrogen) atoms. The van der Waals surface area contributed by atoms with Crippen molar-refractivity contribution >= 4 is 91.7 Å². The van der Waals surface area contributed by atoms with Crippen molar-refractivity contribution in [2.75, 3.05) is 52.6 Å². The van der Waals surface area contributed by atoms with E-state index in [0.29, 0.717) is 56.2 Å². The summed E-state index contributed by atoms with van der Waals surface area (Å²) in [4.78, 5) is 42.9. The van der Waals surface area contributed by atoms with E-state index < -0.39 is 0 Å². The van der Waals surface area contributed by atoms with E-state index in [1.165, 1.54) is 0 Å². The van der Waals surface area contributed by atoms with Gasteiger partial charge in [-0.25, -0.2) is 14.8 Å². The fourth-order valence-electron chi connectivity index (χ4n) is 9.91. The highest BCUT2D eigenvalue weighted by Gasteiger charge is 2.26. The van der Waals surface area contributed by atoms with Crippen molar-refractivity contribution < 1.29 is 14.9 Å². The van der Waals surface area contributed by atoms with Gasteiger partial charge in [-0.05, 0) is 109 Å². The van der Waals surface area contributed by atoms with Gasteiger partial charge in [-0.15, -0.1) is 0 Å². The van der Waals surface area contributed by atoms with Gasteiger partial charge in [0.05, 0.1) is 41.3 Å². The number of imidazole rings is 1. The number of thioether (sulfide) groups is 1. The number of hydrogen-bond acceptors (Lipinski definition) is 15. The van der Waals surface area contributed by atoms with Crippen molar-refractivity contribution in [3.63, 3.8) is 0 Å². The molecule has 0 aliphatic carbocycles. The number of para-hydroxylation sites is 3. The standard InChI is InChI=1S/C61H60N10O4S3/c1-76-33-30-44(38-73)64-57-47-18-6-7-19-49(47)65-59(68-57)62-35-40-14-3-11-23-54(40)78-56-25-13-5-17-43(56)39-75-46-26-27-48-51(34-46)66-60(63-36-41-15-2-10-22-53(41)77-55-24-12-4-16-42(55)37-72)69-58(48)70-31-28-45(29-32-70)71-52-21-9-8-20-50(52)67-61(71)74/h2-27,34,44-45,72-73H,28-33,35-39H2,1H3,(H,67,74)(H,63,66,69)(H2,62,64,65,68)/t44-/m0/s1. The summed E-state index contributed by atoms with van der Waals surface area (Å²) < 4.78 is 8.57. The Kier molecular flexibility index (Phi) is 16.7. The van der Waals surface area contributed by atoms with Crippen molar-refractivity contribution in [2.45, 2.75) is 77.2 Å². The first-order chi connectivity index (χ1) is 38.4. The van der Waals surface area contributed by atoms with E-state index in [2.05, 4.69) is 86.7 Å². The third-order valence-corrected chi connectivity index (χ3v) is 17.1. The molecule has 0 spiro atoms. The monoisotopic (exact) mass is 1090 g/mol. The quantitative estimate of drug-likeness (QED) is 0.0377. The molecule has 1 atom stereocenters. The summed E-state index contributed by atoms with van der Waals surface area (Å²) in [6, 6.07) is 54.7. The first-order valence-electron chi connectivity index (χ1n) is 26.2. The van der Waals surface area contributed by atoms with E-state index >= 15 is 0 Å². The molecular weight excluding hydrogens is 1030 g/mol. The number of hydrogen-bond donors (Lipinski definition) is 6. The van der Waals surface area contributed by atoms with Crippen LogP contribution in [0.5, 0.6) is 5.75 Å². The number of nitrogens with zero attached hydrogens (tertiary/aromatic N) is 6. The number of anilines is 4. The number of aliphatic hydroxyl groups excluding tert-OH is 2. The van der Waals surface area contributed by atoms with Crippen LogP contribution in [0.3, 0.4) is 0 Å². The molecule has 1 aliphatic heterocycles. The molecule has 396 valence electrons. The smallest absolute Gasteiger partial charge is 0.326 e. The van der Waals surface area contributed by atoms with Crippen LogP contribution < -0.4 is 31.3 Å². The number of fused-ring (bicyclic) bond motifs is 3. The number of benzene rings is 7. The lowest BCUT2D eigenvalue weighted by molar-refractivity contribution is 0.272. The zero-order valence-electron chi connectivity index (χ0n) is 43.1. The highest BCUT2D eigenvalue weighted by molar-refractivity contribution is 7.99. The first-order valence-corrected chi connectivity index (χ1v) is 29.2. The first kappa shape index (κ1) is 52.5. The molecule has 3 aromatic heterocycles. The summed E-state index contributed by atoms with van der Waals surface area (Å²) in [7, 11) is 0. The number of ether oxygens (including phenoxy) is 1. The van der Waals surface area contributed by atoms with Crippen LogP contribution in [0.1, 0.15) is 47.6 Å². The molecule has 6 N–H and O–H groups in total. The van der Waals surface area contributed by atoms with E-state index in [0.717, 1.165) is 106 Å². The summed E-state index contributed by atoms with van der Waals surface area (Å²) in [6.45, 7) is 2.70. The molecule has 17 heteroatoms. The van der Waals surface area contributed by atoms with Crippen LogP contribution in [0.25, 0.3) is 32.8 Å². The maximum Gasteiger partial charge on any atom is 0.326 e. The number of piperidine rings is 1. The number of aliphatic hydroxyl groups is 2. The Morgan fingerprint density at radius 3 is 1.94 bits per heavy atom. The van der Waals surface area contributed by atoms with E-state index in [4.69, 9.17) is 24.7 Å². The maximum absolute atomic E-state index is 13.2. The van der Waals surface area contributed by atoms with Gasteiger partial charge < -0.3 is 40.8 Å². The van der Waals surface area contributed by atoms with Crippen LogP contribution in [0.15, 0.2) is 188 Å². The van der Waals surface area contributed by atoms with Gasteiger partial charge in [-0.2, -0.15) is 21.7 Å². The van der Waals surface area contributed by atoms with E-state index in [9.17, 15) is 15.0 Å². The predicted octanol–water partition coefficient (Wildman–Crippen LogP) is 12.2. The minimum atomic E-state index is -0.122. The number of nitrogens with one attached hydrogen (secondary N) is 4. The molecule has 1 aliphatic rings. The summed E-state index contributed by atoms with van der Waals surface area (Å²) >= 11 is 5.08. The molecule has 0 bridgehead atoms. The Balaban J connectivity index is 0.824. The molecule has 7 aromatic carbocycles. The summed E-state index contributed by atoms with van der Waals surface area (Å²) in [5.74, 6) is 4.14. The average Bonchev–Trinajstić information content (AvgIpc) is 3.87. The Hall–Kier alpha value is -7.54. The number of H-pyrrole nitrogens is 1. The van der Waals surface area contributed by atoms with Gasteiger partial charge >= 0.3 is 5.69 Å². The summed E-state index contributed by atoms with van der Waals surface area (Å²) in [6.07, 6.45) is 4.43. The van der Waals surface area contributed by atoms with Crippen LogP contribution >= 0.6 is 35.3 Å². The SMILES string of the molecule is CSCC[C@@H](CO)Nc1nc(NCc2ccccc2Sc2ccccc2COc2ccc3c(N4CCC(n5c(=O)[nH]c6ccccc65)CC4)nc(NCc4ccccc4Sc4ccccc4CO)nc3c2)nc2ccccc12. The van der Waals surface area contributed by atoms with Crippen molar-refractivity contribution in [1.82, 2.24) is 29.5 Å². The van der Waals surface area contributed by atoms with Crippen molar-refractivity contribution in [2.24, 2.45) is 0 Å². The minimum Gasteiger partial charge on any atom is -0.489 e. The second kappa shape index (κ2) is 24.8. The molecule has 14 nitrogen and oxygen atoms in total. The second-order valence-corrected chi connectivity index (χ2v) is 22.2. The normalized spacial score (nSPS) is 13.3. The van der Waals surface area contributed by atoms with Crippen molar-refractivity contribution in [1.29, 1.82) is 0 Å². The molecule has 0 amide bonds. The maximum atomic E-state index is 13.2. The van der Waals surface area contributed by atoms with Gasteiger partial charge in [0.25, 0.3) is 0 Å². The molecule has 1 fully saturated rings. The largest absolute Gasteiger partial charge is 0.489 e. The highest BCUT2D eigenvalue weighted by Crippen LogP contribution is 2.38. The zero-order valence-corrected chi connectivity index (χ0v) is 45.6. The van der Waals surface area contributed by atoms with Crippen LogP contribution in [0, 0.1) is 0 Å². The summed E-state index contributed by atoms with van der Waals surface area (Å²) in [5, 5.41) is 32.6. The van der Waals surface area contributed by atoms with Gasteiger partial charge in [0.2, 0.25) is 11.9 Å². The minimum absolute atomic E-state index is 0.0105. The third kappa shape index (κ3) is 12.1. The fraction of sp³-hybridized carbons (Fsp3) is 0.230. The van der Waals surface area contributed by atoms with Gasteiger partial charge in [-0.3, -0.25) is 4.57 Å². The van der Waals surface area contributed by atoms with E-state index in [1.807, 2.05) is 114 Å². The van der Waals surface area contributed by atoms with Crippen LogP contribution in [-0.2, 0) is 26.3 Å². The fourth-order valence-corrected chi connectivity index (χ4v) is 12.6. The van der Waals surface area contributed by atoms with Gasteiger partial charge in [0.15, 0.2) is 0 Å². The van der Waals surface area contributed by atoms with Crippen LogP contribution in [0.2, 0.25) is 0 Å².